The molecule has 0 saturated carbocycles. The molecule has 1 nitrogen and oxygen atoms in total. The molecule has 2 aliphatic carbocycles. The Hall–Kier alpha value is -1.59. The highest BCUT2D eigenvalue weighted by atomic mass is 16.1. The van der Waals surface area contributed by atoms with Gasteiger partial charge in [0.15, 0.2) is 0 Å². The zero-order valence-corrected chi connectivity index (χ0v) is 7.18. The summed E-state index contributed by atoms with van der Waals surface area (Å²) < 4.78 is 0. The number of carbonyl (C=O) groups excluding carboxylic acids is 1. The molecule has 0 aromatic rings. The minimum atomic E-state index is 0.178. The average Bonchev–Trinajstić information content (AvgIpc) is 2.39. The second-order valence-corrected chi connectivity index (χ2v) is 3.17. The first kappa shape index (κ1) is 8.03. The van der Waals surface area contributed by atoms with Crippen molar-refractivity contribution in [1.82, 2.24) is 0 Å². The molecule has 0 saturated heterocycles. The van der Waals surface area contributed by atoms with Crippen molar-refractivity contribution >= 4 is 5.94 Å². The van der Waals surface area contributed by atoms with Crippen molar-refractivity contribution in [2.75, 3.05) is 0 Å². The van der Waals surface area contributed by atoms with Crippen molar-refractivity contribution in [3.05, 3.63) is 54.2 Å². The number of hydrogen-bond donors (Lipinski definition) is 0. The molecule has 2 unspecified atom stereocenters. The van der Waals surface area contributed by atoms with Crippen LogP contribution < -0.4 is 0 Å². The third-order valence-electron chi connectivity index (χ3n) is 2.37. The van der Waals surface area contributed by atoms with Gasteiger partial charge in [-0.2, -0.15) is 0 Å². The lowest BCUT2D eigenvalue weighted by Gasteiger charge is -2.18. The van der Waals surface area contributed by atoms with Crippen LogP contribution in [0.4, 0.5) is 0 Å². The molecule has 0 fully saturated rings. The quantitative estimate of drug-likeness (QED) is 0.509. The molecule has 13 heavy (non-hydrogen) atoms. The third-order valence-corrected chi connectivity index (χ3v) is 2.37. The Morgan fingerprint density at radius 1 is 1.00 bits per heavy atom. The molecule has 0 radical (unpaired) electrons. The zero-order valence-electron chi connectivity index (χ0n) is 7.18. The fourth-order valence-electron chi connectivity index (χ4n) is 1.68. The second-order valence-electron chi connectivity index (χ2n) is 3.17. The summed E-state index contributed by atoms with van der Waals surface area (Å²) in [5, 5.41) is 0. The maximum absolute atomic E-state index is 10.7. The highest BCUT2D eigenvalue weighted by Crippen LogP contribution is 2.28. The number of allylic oxidation sites excluding steroid dienone is 9. The summed E-state index contributed by atoms with van der Waals surface area (Å²) in [6.45, 7) is 0. The Morgan fingerprint density at radius 3 is 2.46 bits per heavy atom. The van der Waals surface area contributed by atoms with Crippen molar-refractivity contribution < 1.29 is 4.79 Å². The van der Waals surface area contributed by atoms with E-state index < -0.39 is 0 Å². The molecule has 0 aromatic heterocycles. The van der Waals surface area contributed by atoms with Gasteiger partial charge >= 0.3 is 0 Å². The summed E-state index contributed by atoms with van der Waals surface area (Å²) in [5.41, 5.74) is 0.732. The summed E-state index contributed by atoms with van der Waals surface area (Å²) in [7, 11) is 0. The summed E-state index contributed by atoms with van der Waals surface area (Å²) in [6.07, 6.45) is 15.9. The molecule has 0 aromatic carbocycles. The fourth-order valence-corrected chi connectivity index (χ4v) is 1.68. The monoisotopic (exact) mass is 170 g/mol. The van der Waals surface area contributed by atoms with Gasteiger partial charge < -0.3 is 0 Å². The van der Waals surface area contributed by atoms with Crippen LogP contribution in [-0.4, -0.2) is 5.94 Å². The van der Waals surface area contributed by atoms with Gasteiger partial charge in [-0.15, -0.1) is 0 Å². The zero-order chi connectivity index (χ0) is 9.10. The Labute approximate surface area is 77.5 Å². The number of rotatable bonds is 0. The van der Waals surface area contributed by atoms with Crippen LogP contribution in [0.5, 0.6) is 0 Å². The SMILES string of the molecule is O=C=C1C=CC=CC2C=CC=CC12. The molecular weight excluding hydrogens is 160 g/mol. The van der Waals surface area contributed by atoms with E-state index in [9.17, 15) is 4.79 Å². The third kappa shape index (κ3) is 1.47. The van der Waals surface area contributed by atoms with Crippen LogP contribution in [0.25, 0.3) is 0 Å². The predicted molar refractivity (Wildman–Crippen MR) is 52.7 cm³/mol. The number of hydrogen-bond acceptors (Lipinski definition) is 1. The van der Waals surface area contributed by atoms with E-state index in [2.05, 4.69) is 12.2 Å². The molecule has 1 heteroatoms. The van der Waals surface area contributed by atoms with Gasteiger partial charge in [0.2, 0.25) is 0 Å². The van der Waals surface area contributed by atoms with Crippen LogP contribution in [0.2, 0.25) is 0 Å². The van der Waals surface area contributed by atoms with E-state index in [1.54, 1.807) is 0 Å². The van der Waals surface area contributed by atoms with Crippen LogP contribution in [-0.2, 0) is 4.79 Å². The first-order valence-corrected chi connectivity index (χ1v) is 4.36. The first-order chi connectivity index (χ1) is 6.42. The molecule has 0 amide bonds. The average molecular weight is 170 g/mol. The van der Waals surface area contributed by atoms with Crippen molar-refractivity contribution in [3.63, 3.8) is 0 Å². The summed E-state index contributed by atoms with van der Waals surface area (Å²) in [5.74, 6) is 2.49. The number of fused-ring (bicyclic) bond motifs is 1. The van der Waals surface area contributed by atoms with E-state index in [0.29, 0.717) is 5.92 Å². The van der Waals surface area contributed by atoms with Gasteiger partial charge in [-0.1, -0.05) is 42.5 Å². The van der Waals surface area contributed by atoms with Gasteiger partial charge in [-0.05, 0) is 6.08 Å². The molecule has 2 atom stereocenters. The minimum absolute atomic E-state index is 0.178. The largest absolute Gasteiger partial charge is 0.233 e. The molecule has 64 valence electrons. The van der Waals surface area contributed by atoms with Crippen LogP contribution >= 0.6 is 0 Å². The summed E-state index contributed by atoms with van der Waals surface area (Å²) >= 11 is 0. The van der Waals surface area contributed by atoms with Crippen molar-refractivity contribution in [2.45, 2.75) is 0 Å². The van der Waals surface area contributed by atoms with E-state index in [4.69, 9.17) is 0 Å². The van der Waals surface area contributed by atoms with E-state index in [-0.39, 0.29) is 5.92 Å². The van der Waals surface area contributed by atoms with Crippen LogP contribution in [0.1, 0.15) is 0 Å². The summed E-state index contributed by atoms with van der Waals surface area (Å²) in [6, 6.07) is 0. The van der Waals surface area contributed by atoms with E-state index in [1.807, 2.05) is 42.4 Å². The Kier molecular flexibility index (Phi) is 2.11. The van der Waals surface area contributed by atoms with Crippen LogP contribution in [0, 0.1) is 11.8 Å². The lowest BCUT2D eigenvalue weighted by atomic mass is 9.84. The molecule has 0 bridgehead atoms. The molecule has 0 heterocycles. The van der Waals surface area contributed by atoms with Gasteiger partial charge in [0, 0.05) is 17.4 Å². The minimum Gasteiger partial charge on any atom is -0.233 e. The van der Waals surface area contributed by atoms with Crippen molar-refractivity contribution in [3.8, 4) is 0 Å². The van der Waals surface area contributed by atoms with E-state index in [0.717, 1.165) is 5.57 Å². The van der Waals surface area contributed by atoms with Gasteiger partial charge in [0.05, 0.1) is 0 Å². The first-order valence-electron chi connectivity index (χ1n) is 4.36. The Balaban J connectivity index is 2.42. The molecule has 0 spiro atoms. The van der Waals surface area contributed by atoms with Gasteiger partial charge in [-0.25, -0.2) is 4.79 Å². The standard InChI is InChI=1S/C12H10O/c13-9-11-7-2-1-5-10-6-3-4-8-12(10)11/h1-8,10,12H. The second kappa shape index (κ2) is 3.42. The molecule has 0 aliphatic heterocycles. The molecular formula is C12H10O. The maximum Gasteiger partial charge on any atom is 0.128 e. The van der Waals surface area contributed by atoms with Gasteiger partial charge in [0.25, 0.3) is 0 Å². The van der Waals surface area contributed by atoms with E-state index in [1.165, 1.54) is 0 Å². The van der Waals surface area contributed by atoms with E-state index >= 15 is 0 Å². The van der Waals surface area contributed by atoms with Gasteiger partial charge in [-0.3, -0.25) is 0 Å². The normalized spacial score (nSPS) is 29.7. The molecule has 2 rings (SSSR count). The fraction of sp³-hybridized carbons (Fsp3) is 0.167. The highest BCUT2D eigenvalue weighted by molar-refractivity contribution is 5.61. The Bertz CT molecular complexity index is 363. The van der Waals surface area contributed by atoms with Crippen LogP contribution in [0.15, 0.2) is 54.2 Å². The highest BCUT2D eigenvalue weighted by Gasteiger charge is 2.20. The van der Waals surface area contributed by atoms with Crippen LogP contribution in [0.3, 0.4) is 0 Å². The van der Waals surface area contributed by atoms with Gasteiger partial charge in [0.1, 0.15) is 5.94 Å². The topological polar surface area (TPSA) is 17.1 Å². The van der Waals surface area contributed by atoms with Crippen molar-refractivity contribution in [1.29, 1.82) is 0 Å². The lowest BCUT2D eigenvalue weighted by molar-refractivity contribution is 0.560. The predicted octanol–water partition coefficient (Wildman–Crippen LogP) is 2.23. The Morgan fingerprint density at radius 2 is 1.69 bits per heavy atom. The van der Waals surface area contributed by atoms with Crippen molar-refractivity contribution in [2.24, 2.45) is 11.8 Å². The maximum atomic E-state index is 10.7. The molecule has 2 aliphatic rings. The molecule has 0 N–H and O–H groups in total. The smallest absolute Gasteiger partial charge is 0.128 e. The lowest BCUT2D eigenvalue weighted by Crippen LogP contribution is -2.11. The summed E-state index contributed by atoms with van der Waals surface area (Å²) in [4.78, 5) is 10.7.